The first-order valence-corrected chi connectivity index (χ1v) is 6.83. The molecule has 19 heavy (non-hydrogen) atoms. The van der Waals surface area contributed by atoms with E-state index in [-0.39, 0.29) is 11.9 Å². The summed E-state index contributed by atoms with van der Waals surface area (Å²) in [7, 11) is 0. The number of hydrogen-bond acceptors (Lipinski definition) is 5. The van der Waals surface area contributed by atoms with Crippen molar-refractivity contribution in [3.8, 4) is 0 Å². The summed E-state index contributed by atoms with van der Waals surface area (Å²) in [4.78, 5) is 22.4. The first-order valence-electron chi connectivity index (χ1n) is 6.83. The smallest absolute Gasteiger partial charge is 0.240 e. The molecule has 0 spiro atoms. The van der Waals surface area contributed by atoms with E-state index in [4.69, 9.17) is 5.73 Å². The Morgan fingerprint density at radius 2 is 2.32 bits per heavy atom. The van der Waals surface area contributed by atoms with Crippen molar-refractivity contribution in [2.24, 2.45) is 5.73 Å². The zero-order valence-electron chi connectivity index (χ0n) is 11.5. The lowest BCUT2D eigenvalue weighted by molar-refractivity contribution is -0.119. The Kier molecular flexibility index (Phi) is 4.19. The molecular formula is C13H21N5O. The number of hydrogen-bond donors (Lipinski definition) is 2. The molecule has 1 aliphatic heterocycles. The van der Waals surface area contributed by atoms with E-state index in [1.807, 2.05) is 24.8 Å². The number of nitrogens with zero attached hydrogens (tertiary/aromatic N) is 3. The maximum atomic E-state index is 11.5. The molecule has 1 amide bonds. The van der Waals surface area contributed by atoms with E-state index in [1.165, 1.54) is 0 Å². The van der Waals surface area contributed by atoms with Gasteiger partial charge in [0.1, 0.15) is 23.5 Å². The molecule has 0 saturated carbocycles. The number of rotatable bonds is 5. The molecule has 1 aromatic rings. The Morgan fingerprint density at radius 3 is 2.95 bits per heavy atom. The highest BCUT2D eigenvalue weighted by Gasteiger charge is 2.30. The molecule has 0 radical (unpaired) electrons. The van der Waals surface area contributed by atoms with Crippen molar-refractivity contribution in [3.05, 3.63) is 11.9 Å². The summed E-state index contributed by atoms with van der Waals surface area (Å²) in [6, 6.07) is 1.65. The molecule has 1 fully saturated rings. The predicted octanol–water partition coefficient (Wildman–Crippen LogP) is 0.925. The van der Waals surface area contributed by atoms with Crippen LogP contribution >= 0.6 is 0 Å². The van der Waals surface area contributed by atoms with E-state index >= 15 is 0 Å². The van der Waals surface area contributed by atoms with E-state index in [9.17, 15) is 4.79 Å². The van der Waals surface area contributed by atoms with Crippen LogP contribution in [0, 0.1) is 0 Å². The summed E-state index contributed by atoms with van der Waals surface area (Å²) in [6.07, 6.45) is 2.54. The van der Waals surface area contributed by atoms with Gasteiger partial charge in [0.2, 0.25) is 5.91 Å². The van der Waals surface area contributed by atoms with Crippen molar-refractivity contribution in [3.63, 3.8) is 0 Å². The summed E-state index contributed by atoms with van der Waals surface area (Å²) in [5, 5.41) is 3.20. The molecule has 0 aromatic carbocycles. The maximum absolute atomic E-state index is 11.5. The summed E-state index contributed by atoms with van der Waals surface area (Å²) in [6.45, 7) is 5.66. The zero-order chi connectivity index (χ0) is 13.8. The van der Waals surface area contributed by atoms with Gasteiger partial charge in [0.25, 0.3) is 0 Å². The normalized spacial score (nSPS) is 18.6. The highest BCUT2D eigenvalue weighted by atomic mass is 16.1. The number of nitrogens with one attached hydrogen (secondary N) is 1. The van der Waals surface area contributed by atoms with Gasteiger partial charge in [-0.2, -0.15) is 0 Å². The lowest BCUT2D eigenvalue weighted by Crippen LogP contribution is -2.40. The first-order chi connectivity index (χ1) is 9.15. The fourth-order valence-corrected chi connectivity index (χ4v) is 2.40. The molecule has 104 valence electrons. The van der Waals surface area contributed by atoms with Crippen molar-refractivity contribution < 1.29 is 4.79 Å². The number of aryl methyl sites for hydroxylation is 1. The molecule has 0 bridgehead atoms. The third-order valence-corrected chi connectivity index (χ3v) is 3.31. The van der Waals surface area contributed by atoms with Gasteiger partial charge in [-0.3, -0.25) is 4.79 Å². The molecule has 6 nitrogen and oxygen atoms in total. The zero-order valence-corrected chi connectivity index (χ0v) is 11.5. The van der Waals surface area contributed by atoms with Crippen molar-refractivity contribution in [2.45, 2.75) is 39.2 Å². The van der Waals surface area contributed by atoms with Gasteiger partial charge < -0.3 is 16.0 Å². The lowest BCUT2D eigenvalue weighted by Gasteiger charge is -2.24. The monoisotopic (exact) mass is 263 g/mol. The van der Waals surface area contributed by atoms with Crippen molar-refractivity contribution in [1.29, 1.82) is 0 Å². The minimum Gasteiger partial charge on any atom is -0.370 e. The van der Waals surface area contributed by atoms with Gasteiger partial charge in [-0.1, -0.05) is 6.92 Å². The van der Waals surface area contributed by atoms with Crippen molar-refractivity contribution in [2.75, 3.05) is 23.3 Å². The highest BCUT2D eigenvalue weighted by Crippen LogP contribution is 2.25. The second-order valence-electron chi connectivity index (χ2n) is 4.67. The first kappa shape index (κ1) is 13.6. The van der Waals surface area contributed by atoms with Gasteiger partial charge in [0.15, 0.2) is 0 Å². The van der Waals surface area contributed by atoms with Crippen LogP contribution in [0.15, 0.2) is 6.07 Å². The minimum absolute atomic E-state index is 0.242. The van der Waals surface area contributed by atoms with Crippen LogP contribution in [-0.4, -0.2) is 35.0 Å². The fourth-order valence-electron chi connectivity index (χ4n) is 2.40. The standard InChI is InChI=1S/C13H21N5O/c1-3-10-16-11(15-4-2)8-12(17-10)18-7-5-6-9(18)13(14)19/h8-9H,3-7H2,1-2H3,(H2,14,19)(H,15,16,17). The second kappa shape index (κ2) is 5.86. The summed E-state index contributed by atoms with van der Waals surface area (Å²) in [5.41, 5.74) is 5.45. The molecule has 3 N–H and O–H groups in total. The van der Waals surface area contributed by atoms with Crippen LogP contribution in [0.4, 0.5) is 11.6 Å². The molecule has 2 rings (SSSR count). The van der Waals surface area contributed by atoms with Gasteiger partial charge >= 0.3 is 0 Å². The number of anilines is 2. The van der Waals surface area contributed by atoms with Crippen LogP contribution in [0.1, 0.15) is 32.5 Å². The van der Waals surface area contributed by atoms with E-state index < -0.39 is 0 Å². The highest BCUT2D eigenvalue weighted by molar-refractivity contribution is 5.84. The van der Waals surface area contributed by atoms with E-state index in [0.29, 0.717) is 0 Å². The molecule has 0 aliphatic carbocycles. The van der Waals surface area contributed by atoms with Crippen LogP contribution in [0.3, 0.4) is 0 Å². The van der Waals surface area contributed by atoms with Crippen molar-refractivity contribution in [1.82, 2.24) is 9.97 Å². The number of primary amides is 1. The van der Waals surface area contributed by atoms with Crippen LogP contribution in [0.25, 0.3) is 0 Å². The Hall–Kier alpha value is -1.85. The largest absolute Gasteiger partial charge is 0.370 e. The Labute approximate surface area is 113 Å². The molecule has 1 saturated heterocycles. The topological polar surface area (TPSA) is 84.1 Å². The molecule has 1 aliphatic rings. The number of carbonyl (C=O) groups is 1. The van der Waals surface area contributed by atoms with E-state index in [1.54, 1.807) is 0 Å². The SMILES string of the molecule is CCNc1cc(N2CCCC2C(N)=O)nc(CC)n1. The minimum atomic E-state index is -0.279. The summed E-state index contributed by atoms with van der Waals surface area (Å²) >= 11 is 0. The van der Waals surface area contributed by atoms with E-state index in [0.717, 1.165) is 49.8 Å². The van der Waals surface area contributed by atoms with Crippen LogP contribution in [-0.2, 0) is 11.2 Å². The lowest BCUT2D eigenvalue weighted by atomic mass is 10.2. The number of nitrogens with two attached hydrogens (primary N) is 1. The van der Waals surface area contributed by atoms with Gasteiger partial charge in [0.05, 0.1) is 0 Å². The van der Waals surface area contributed by atoms with Crippen LogP contribution < -0.4 is 16.0 Å². The molecule has 1 atom stereocenters. The van der Waals surface area contributed by atoms with Crippen molar-refractivity contribution >= 4 is 17.5 Å². The molecular weight excluding hydrogens is 242 g/mol. The number of carbonyl (C=O) groups excluding carboxylic acids is 1. The van der Waals surface area contributed by atoms with Gasteiger partial charge in [-0.25, -0.2) is 9.97 Å². The predicted molar refractivity (Wildman–Crippen MR) is 75.1 cm³/mol. The number of aromatic nitrogens is 2. The average molecular weight is 263 g/mol. The van der Waals surface area contributed by atoms with Crippen LogP contribution in [0.2, 0.25) is 0 Å². The van der Waals surface area contributed by atoms with Gasteiger partial charge in [-0.15, -0.1) is 0 Å². The molecule has 2 heterocycles. The van der Waals surface area contributed by atoms with E-state index in [2.05, 4.69) is 15.3 Å². The Balaban J connectivity index is 2.32. The quantitative estimate of drug-likeness (QED) is 0.825. The fraction of sp³-hybridized carbons (Fsp3) is 0.615. The molecule has 6 heteroatoms. The Bertz CT molecular complexity index is 462. The van der Waals surface area contributed by atoms with Gasteiger partial charge in [0, 0.05) is 25.6 Å². The number of amides is 1. The third-order valence-electron chi connectivity index (χ3n) is 3.31. The molecule has 1 unspecified atom stereocenters. The average Bonchev–Trinajstić information content (AvgIpc) is 2.88. The Morgan fingerprint density at radius 1 is 1.53 bits per heavy atom. The second-order valence-corrected chi connectivity index (χ2v) is 4.67. The molecule has 1 aromatic heterocycles. The van der Waals surface area contributed by atoms with Crippen LogP contribution in [0.5, 0.6) is 0 Å². The summed E-state index contributed by atoms with van der Waals surface area (Å²) in [5.74, 6) is 2.10. The van der Waals surface area contributed by atoms with Gasteiger partial charge in [-0.05, 0) is 19.8 Å². The third kappa shape index (κ3) is 2.94. The summed E-state index contributed by atoms with van der Waals surface area (Å²) < 4.78 is 0. The maximum Gasteiger partial charge on any atom is 0.240 e.